The molecule has 1 saturated carbocycles. The highest BCUT2D eigenvalue weighted by Crippen LogP contribution is 2.28. The van der Waals surface area contributed by atoms with E-state index in [0.717, 1.165) is 37.7 Å². The highest BCUT2D eigenvalue weighted by molar-refractivity contribution is 6.35. The Morgan fingerprint density at radius 2 is 1.92 bits per heavy atom. The molecule has 0 bridgehead atoms. The van der Waals surface area contributed by atoms with Crippen molar-refractivity contribution in [3.05, 3.63) is 23.8 Å². The first kappa shape index (κ1) is 19.8. The van der Waals surface area contributed by atoms with Gasteiger partial charge in [-0.1, -0.05) is 19.8 Å². The van der Waals surface area contributed by atoms with E-state index in [-0.39, 0.29) is 6.04 Å². The first-order valence-corrected chi connectivity index (χ1v) is 9.17. The molecular formula is C19H27N3O4. The molecule has 2 rings (SSSR count). The average Bonchev–Trinajstić information content (AvgIpc) is 3.14. The van der Waals surface area contributed by atoms with E-state index in [1.54, 1.807) is 12.1 Å². The quantitative estimate of drug-likeness (QED) is 0.423. The van der Waals surface area contributed by atoms with Gasteiger partial charge in [-0.05, 0) is 49.9 Å². The largest absolute Gasteiger partial charge is 0.490 e. The van der Waals surface area contributed by atoms with Gasteiger partial charge in [0.1, 0.15) is 0 Å². The number of hydrazone groups is 1. The Labute approximate surface area is 154 Å². The maximum atomic E-state index is 11.8. The van der Waals surface area contributed by atoms with Gasteiger partial charge >= 0.3 is 11.8 Å². The predicted octanol–water partition coefficient (Wildman–Crippen LogP) is 2.38. The molecule has 1 fully saturated rings. The average molecular weight is 361 g/mol. The van der Waals surface area contributed by atoms with Gasteiger partial charge in [0, 0.05) is 6.04 Å². The van der Waals surface area contributed by atoms with Crippen LogP contribution in [0.15, 0.2) is 23.3 Å². The van der Waals surface area contributed by atoms with Crippen molar-refractivity contribution in [3.63, 3.8) is 0 Å². The van der Waals surface area contributed by atoms with Crippen LogP contribution in [0.3, 0.4) is 0 Å². The molecule has 1 aliphatic rings. The molecule has 2 amide bonds. The van der Waals surface area contributed by atoms with Gasteiger partial charge in [0.25, 0.3) is 0 Å². The van der Waals surface area contributed by atoms with Crippen molar-refractivity contribution in [1.82, 2.24) is 10.7 Å². The minimum Gasteiger partial charge on any atom is -0.490 e. The van der Waals surface area contributed by atoms with Crippen LogP contribution >= 0.6 is 0 Å². The van der Waals surface area contributed by atoms with Crippen molar-refractivity contribution in [2.24, 2.45) is 5.10 Å². The van der Waals surface area contributed by atoms with Gasteiger partial charge in [0.15, 0.2) is 11.5 Å². The van der Waals surface area contributed by atoms with Crippen LogP contribution in [0.2, 0.25) is 0 Å². The molecule has 1 aromatic carbocycles. The molecule has 2 N–H and O–H groups in total. The van der Waals surface area contributed by atoms with Crippen LogP contribution in [0.25, 0.3) is 0 Å². The third-order valence-corrected chi connectivity index (χ3v) is 4.01. The molecule has 7 nitrogen and oxygen atoms in total. The third-order valence-electron chi connectivity index (χ3n) is 4.01. The number of carbonyl (C=O) groups is 2. The lowest BCUT2D eigenvalue weighted by Crippen LogP contribution is -2.42. The number of carbonyl (C=O) groups excluding carboxylic acids is 2. The fourth-order valence-electron chi connectivity index (χ4n) is 2.74. The zero-order valence-corrected chi connectivity index (χ0v) is 15.4. The van der Waals surface area contributed by atoms with E-state index < -0.39 is 11.8 Å². The Hall–Kier alpha value is -2.57. The van der Waals surface area contributed by atoms with E-state index in [9.17, 15) is 9.59 Å². The zero-order valence-electron chi connectivity index (χ0n) is 15.4. The number of nitrogens with zero attached hydrogens (tertiary/aromatic N) is 1. The molecule has 0 aliphatic heterocycles. The van der Waals surface area contributed by atoms with Crippen molar-refractivity contribution >= 4 is 18.0 Å². The molecule has 26 heavy (non-hydrogen) atoms. The summed E-state index contributed by atoms with van der Waals surface area (Å²) in [6, 6.07) is 5.49. The smallest absolute Gasteiger partial charge is 0.329 e. The lowest BCUT2D eigenvalue weighted by atomic mass is 10.2. The van der Waals surface area contributed by atoms with Gasteiger partial charge in [-0.3, -0.25) is 9.59 Å². The number of hydrogen-bond donors (Lipinski definition) is 2. The van der Waals surface area contributed by atoms with Crippen molar-refractivity contribution in [1.29, 1.82) is 0 Å². The number of hydrogen-bond acceptors (Lipinski definition) is 5. The summed E-state index contributed by atoms with van der Waals surface area (Å²) in [6.07, 6.45) is 6.40. The van der Waals surface area contributed by atoms with Crippen LogP contribution in [-0.4, -0.2) is 37.3 Å². The van der Waals surface area contributed by atoms with E-state index in [1.165, 1.54) is 6.21 Å². The van der Waals surface area contributed by atoms with Gasteiger partial charge in [-0.2, -0.15) is 5.10 Å². The van der Waals surface area contributed by atoms with Gasteiger partial charge in [0.05, 0.1) is 19.4 Å². The molecule has 1 aliphatic carbocycles. The highest BCUT2D eigenvalue weighted by Gasteiger charge is 2.20. The molecule has 0 heterocycles. The predicted molar refractivity (Wildman–Crippen MR) is 99.5 cm³/mol. The van der Waals surface area contributed by atoms with Crippen LogP contribution in [0.5, 0.6) is 11.5 Å². The molecular weight excluding hydrogens is 334 g/mol. The van der Waals surface area contributed by atoms with E-state index in [0.29, 0.717) is 24.7 Å². The Kier molecular flexibility index (Phi) is 7.92. The van der Waals surface area contributed by atoms with E-state index in [4.69, 9.17) is 9.47 Å². The van der Waals surface area contributed by atoms with Crippen molar-refractivity contribution < 1.29 is 19.1 Å². The summed E-state index contributed by atoms with van der Waals surface area (Å²) in [6.45, 7) is 5.06. The number of benzene rings is 1. The lowest BCUT2D eigenvalue weighted by Gasteiger charge is -2.12. The lowest BCUT2D eigenvalue weighted by molar-refractivity contribution is -0.139. The highest BCUT2D eigenvalue weighted by atomic mass is 16.5. The molecule has 0 radical (unpaired) electrons. The Morgan fingerprint density at radius 3 is 2.62 bits per heavy atom. The first-order valence-electron chi connectivity index (χ1n) is 9.17. The fourth-order valence-corrected chi connectivity index (χ4v) is 2.74. The first-order chi connectivity index (χ1) is 12.6. The van der Waals surface area contributed by atoms with Crippen LogP contribution in [0, 0.1) is 0 Å². The minimum atomic E-state index is -0.763. The molecule has 0 saturated heterocycles. The van der Waals surface area contributed by atoms with E-state index in [2.05, 4.69) is 15.8 Å². The SMILES string of the molecule is CCCOc1ccc(/C=N/NC(=O)C(=O)NC2CCCC2)cc1OCC. The summed E-state index contributed by atoms with van der Waals surface area (Å²) in [4.78, 5) is 23.6. The van der Waals surface area contributed by atoms with Gasteiger partial charge in [-0.15, -0.1) is 0 Å². The molecule has 0 spiro atoms. The normalized spacial score (nSPS) is 14.4. The monoisotopic (exact) mass is 361 g/mol. The third kappa shape index (κ3) is 6.06. The second-order valence-corrected chi connectivity index (χ2v) is 6.14. The van der Waals surface area contributed by atoms with Crippen molar-refractivity contribution in [3.8, 4) is 11.5 Å². The van der Waals surface area contributed by atoms with Gasteiger partial charge < -0.3 is 14.8 Å². The summed E-state index contributed by atoms with van der Waals surface area (Å²) in [5, 5.41) is 6.57. The van der Waals surface area contributed by atoms with Crippen LogP contribution in [-0.2, 0) is 9.59 Å². The van der Waals surface area contributed by atoms with Crippen LogP contribution < -0.4 is 20.2 Å². The maximum absolute atomic E-state index is 11.8. The summed E-state index contributed by atoms with van der Waals surface area (Å²) >= 11 is 0. The molecule has 7 heteroatoms. The number of ether oxygens (including phenoxy) is 2. The topological polar surface area (TPSA) is 89.0 Å². The zero-order chi connectivity index (χ0) is 18.8. The fraction of sp³-hybridized carbons (Fsp3) is 0.526. The number of nitrogens with one attached hydrogen (secondary N) is 2. The minimum absolute atomic E-state index is 0.0987. The second kappa shape index (κ2) is 10.4. The Bertz CT molecular complexity index is 640. The van der Waals surface area contributed by atoms with Crippen molar-refractivity contribution in [2.45, 2.75) is 52.0 Å². The summed E-state index contributed by atoms with van der Waals surface area (Å²) in [5.41, 5.74) is 2.98. The van der Waals surface area contributed by atoms with Crippen LogP contribution in [0.4, 0.5) is 0 Å². The summed E-state index contributed by atoms with van der Waals surface area (Å²) < 4.78 is 11.2. The molecule has 0 unspecified atom stereocenters. The standard InChI is InChI=1S/C19H27N3O4/c1-3-11-26-16-10-9-14(12-17(16)25-4-2)13-20-22-19(24)18(23)21-15-7-5-6-8-15/h9-10,12-13,15H,3-8,11H2,1-2H3,(H,21,23)(H,22,24)/b20-13+. The van der Waals surface area contributed by atoms with E-state index >= 15 is 0 Å². The molecule has 0 aromatic heterocycles. The Balaban J connectivity index is 1.90. The van der Waals surface area contributed by atoms with Crippen LogP contribution in [0.1, 0.15) is 51.5 Å². The summed E-state index contributed by atoms with van der Waals surface area (Å²) in [7, 11) is 0. The summed E-state index contributed by atoms with van der Waals surface area (Å²) in [5.74, 6) is -0.116. The van der Waals surface area contributed by atoms with Crippen molar-refractivity contribution in [2.75, 3.05) is 13.2 Å². The van der Waals surface area contributed by atoms with E-state index in [1.807, 2.05) is 19.9 Å². The molecule has 142 valence electrons. The Morgan fingerprint density at radius 1 is 1.15 bits per heavy atom. The second-order valence-electron chi connectivity index (χ2n) is 6.14. The van der Waals surface area contributed by atoms with Gasteiger partial charge in [0.2, 0.25) is 0 Å². The number of amides is 2. The molecule has 1 aromatic rings. The maximum Gasteiger partial charge on any atom is 0.329 e. The van der Waals surface area contributed by atoms with Gasteiger partial charge in [-0.25, -0.2) is 5.43 Å². The number of rotatable bonds is 8. The molecule has 0 atom stereocenters.